The fraction of sp³-hybridized carbons (Fsp3) is 0.542. The molecule has 0 saturated carbocycles. The molecular weight excluding hydrogens is 348 g/mol. The van der Waals surface area contributed by atoms with Gasteiger partial charge in [0.05, 0.1) is 17.0 Å². The highest BCUT2D eigenvalue weighted by atomic mass is 16.3. The topological polar surface area (TPSA) is 43.8 Å². The first-order valence-corrected chi connectivity index (χ1v) is 10.8. The van der Waals surface area contributed by atoms with Gasteiger partial charge in [-0.15, -0.1) is 0 Å². The molecule has 2 aromatic rings. The first-order chi connectivity index (χ1) is 13.5. The minimum atomic E-state index is -0.225. The molecule has 0 radical (unpaired) electrons. The van der Waals surface area contributed by atoms with Gasteiger partial charge < -0.3 is 5.11 Å². The number of rotatable bonds is 5. The van der Waals surface area contributed by atoms with E-state index in [1.165, 1.54) is 0 Å². The second-order valence-electron chi connectivity index (χ2n) is 9.29. The van der Waals surface area contributed by atoms with Crippen LogP contribution in [0.25, 0.3) is 10.8 Å². The molecule has 0 aliphatic carbocycles. The molecule has 2 aromatic carbocycles. The molecule has 4 bridgehead atoms. The monoisotopic (exact) mass is 378 g/mol. The molecule has 4 saturated heterocycles. The van der Waals surface area contributed by atoms with Crippen molar-refractivity contribution in [3.05, 3.63) is 42.0 Å². The van der Waals surface area contributed by atoms with Crippen LogP contribution in [-0.4, -0.2) is 46.9 Å². The van der Waals surface area contributed by atoms with Crippen molar-refractivity contribution in [3.63, 3.8) is 0 Å². The molecule has 4 fully saturated rings. The van der Waals surface area contributed by atoms with E-state index in [0.29, 0.717) is 11.5 Å². The van der Waals surface area contributed by atoms with Crippen LogP contribution in [-0.2, 0) is 4.79 Å². The number of carbonyl (C=O) groups is 1. The van der Waals surface area contributed by atoms with Crippen molar-refractivity contribution in [2.24, 2.45) is 10.8 Å². The molecule has 0 atom stereocenters. The Kier molecular flexibility index (Phi) is 4.08. The molecule has 4 nitrogen and oxygen atoms in total. The van der Waals surface area contributed by atoms with Gasteiger partial charge in [0, 0.05) is 31.7 Å². The van der Waals surface area contributed by atoms with Gasteiger partial charge in [-0.3, -0.25) is 14.6 Å². The van der Waals surface area contributed by atoms with Crippen LogP contribution in [0.1, 0.15) is 51.3 Å². The summed E-state index contributed by atoms with van der Waals surface area (Å²) in [5, 5.41) is 13.1. The maximum atomic E-state index is 13.6. The normalized spacial score (nSPS) is 36.4. The SMILES string of the molecule is CCCC12CN3CC(CCC)(CN(C1)C3c1c(O)ccc3ccccc13)C2=O. The Morgan fingerprint density at radius 1 is 0.929 bits per heavy atom. The highest BCUT2D eigenvalue weighted by Crippen LogP contribution is 2.56. The van der Waals surface area contributed by atoms with Gasteiger partial charge >= 0.3 is 0 Å². The molecule has 28 heavy (non-hydrogen) atoms. The van der Waals surface area contributed by atoms with Gasteiger partial charge in [0.1, 0.15) is 11.5 Å². The second kappa shape index (κ2) is 6.30. The lowest BCUT2D eigenvalue weighted by molar-refractivity contribution is -0.205. The summed E-state index contributed by atoms with van der Waals surface area (Å²) >= 11 is 0. The van der Waals surface area contributed by atoms with E-state index in [0.717, 1.165) is 68.2 Å². The highest BCUT2D eigenvalue weighted by Gasteiger charge is 2.65. The number of benzene rings is 2. The number of carbonyl (C=O) groups excluding carboxylic acids is 1. The van der Waals surface area contributed by atoms with Crippen molar-refractivity contribution < 1.29 is 9.90 Å². The quantitative estimate of drug-likeness (QED) is 0.841. The third kappa shape index (κ3) is 2.34. The molecule has 0 aromatic heterocycles. The zero-order valence-electron chi connectivity index (χ0n) is 16.9. The van der Waals surface area contributed by atoms with Crippen molar-refractivity contribution in [1.82, 2.24) is 9.80 Å². The van der Waals surface area contributed by atoms with Gasteiger partial charge in [0.15, 0.2) is 0 Å². The summed E-state index contributed by atoms with van der Waals surface area (Å²) in [6.07, 6.45) is 4.09. The van der Waals surface area contributed by atoms with Crippen LogP contribution in [0.5, 0.6) is 5.75 Å². The number of fused-ring (bicyclic) bond motifs is 1. The molecule has 1 N–H and O–H groups in total. The van der Waals surface area contributed by atoms with Crippen molar-refractivity contribution in [2.75, 3.05) is 26.2 Å². The number of Topliss-reactive ketones (excluding diaryl/α,β-unsaturated/α-hetero) is 1. The number of phenols is 1. The minimum Gasteiger partial charge on any atom is -0.508 e. The Bertz CT molecular complexity index is 893. The second-order valence-corrected chi connectivity index (χ2v) is 9.29. The number of phenolic OH excluding ortho intramolecular Hbond substituents is 1. The van der Waals surface area contributed by atoms with E-state index in [9.17, 15) is 9.90 Å². The van der Waals surface area contributed by atoms with E-state index < -0.39 is 0 Å². The third-order valence-corrected chi connectivity index (χ3v) is 7.34. The molecule has 148 valence electrons. The van der Waals surface area contributed by atoms with Crippen LogP contribution in [0.15, 0.2) is 36.4 Å². The van der Waals surface area contributed by atoms with E-state index in [4.69, 9.17) is 0 Å². The average Bonchev–Trinajstić information content (AvgIpc) is 2.67. The molecule has 4 aliphatic heterocycles. The molecule has 0 amide bonds. The Morgan fingerprint density at radius 3 is 2.07 bits per heavy atom. The summed E-state index contributed by atoms with van der Waals surface area (Å²) in [5.74, 6) is 0.897. The lowest BCUT2D eigenvalue weighted by Gasteiger charge is -2.66. The summed E-state index contributed by atoms with van der Waals surface area (Å²) in [4.78, 5) is 18.6. The van der Waals surface area contributed by atoms with Gasteiger partial charge in [-0.25, -0.2) is 0 Å². The van der Waals surface area contributed by atoms with Crippen molar-refractivity contribution in [1.29, 1.82) is 0 Å². The standard InChI is InChI=1S/C24H30N2O2/c1-3-11-23-13-25-15-24(12-4-2,22(23)28)16-26(14-23)21(25)20-18-8-6-5-7-17(18)9-10-19(20)27/h5-10,21,27H,3-4,11-16H2,1-2H3. The predicted octanol–water partition coefficient (Wildman–Crippen LogP) is 4.33. The fourth-order valence-corrected chi connectivity index (χ4v) is 6.61. The van der Waals surface area contributed by atoms with Gasteiger partial charge in [0.25, 0.3) is 0 Å². The summed E-state index contributed by atoms with van der Waals surface area (Å²) in [6.45, 7) is 7.70. The van der Waals surface area contributed by atoms with Crippen LogP contribution >= 0.6 is 0 Å². The lowest BCUT2D eigenvalue weighted by Crippen LogP contribution is -2.76. The number of hydrogen-bond donors (Lipinski definition) is 1. The lowest BCUT2D eigenvalue weighted by atomic mass is 9.57. The van der Waals surface area contributed by atoms with Crippen molar-refractivity contribution in [2.45, 2.75) is 45.7 Å². The minimum absolute atomic E-state index is 0.0640. The van der Waals surface area contributed by atoms with Gasteiger partial charge in [-0.1, -0.05) is 57.0 Å². The van der Waals surface area contributed by atoms with E-state index >= 15 is 0 Å². The number of hydrogen-bond acceptors (Lipinski definition) is 4. The summed E-state index contributed by atoms with van der Waals surface area (Å²) in [7, 11) is 0. The number of aromatic hydroxyl groups is 1. The van der Waals surface area contributed by atoms with E-state index in [1.807, 2.05) is 24.3 Å². The Hall–Kier alpha value is -1.91. The zero-order chi connectivity index (χ0) is 19.5. The molecule has 4 aliphatic rings. The summed E-state index contributed by atoms with van der Waals surface area (Å²) in [6, 6.07) is 12.2. The Morgan fingerprint density at radius 2 is 1.50 bits per heavy atom. The summed E-state index contributed by atoms with van der Waals surface area (Å²) in [5.41, 5.74) is 0.566. The van der Waals surface area contributed by atoms with E-state index in [-0.39, 0.29) is 17.0 Å². The Balaban J connectivity index is 1.63. The van der Waals surface area contributed by atoms with Crippen LogP contribution < -0.4 is 0 Å². The largest absolute Gasteiger partial charge is 0.508 e. The van der Waals surface area contributed by atoms with Gasteiger partial charge in [0.2, 0.25) is 0 Å². The third-order valence-electron chi connectivity index (χ3n) is 7.34. The average molecular weight is 379 g/mol. The van der Waals surface area contributed by atoms with Crippen molar-refractivity contribution in [3.8, 4) is 5.75 Å². The van der Waals surface area contributed by atoms with Crippen LogP contribution in [0.2, 0.25) is 0 Å². The maximum absolute atomic E-state index is 13.6. The Labute approximate surface area is 167 Å². The number of ketones is 1. The fourth-order valence-electron chi connectivity index (χ4n) is 6.61. The predicted molar refractivity (Wildman–Crippen MR) is 111 cm³/mol. The van der Waals surface area contributed by atoms with Gasteiger partial charge in [-0.05, 0) is 29.7 Å². The molecular formula is C24H30N2O2. The van der Waals surface area contributed by atoms with Crippen LogP contribution in [0.3, 0.4) is 0 Å². The molecule has 6 rings (SSSR count). The molecule has 0 unspecified atom stereocenters. The molecule has 4 heteroatoms. The van der Waals surface area contributed by atoms with Crippen LogP contribution in [0.4, 0.5) is 0 Å². The first-order valence-electron chi connectivity index (χ1n) is 10.8. The first kappa shape index (κ1) is 18.1. The number of piperidine rings is 2. The summed E-state index contributed by atoms with van der Waals surface area (Å²) < 4.78 is 0. The van der Waals surface area contributed by atoms with Gasteiger partial charge in [-0.2, -0.15) is 0 Å². The smallest absolute Gasteiger partial charge is 0.150 e. The highest BCUT2D eigenvalue weighted by molar-refractivity contribution is 5.94. The van der Waals surface area contributed by atoms with Crippen LogP contribution in [0, 0.1) is 10.8 Å². The maximum Gasteiger partial charge on any atom is 0.150 e. The van der Waals surface area contributed by atoms with E-state index in [1.54, 1.807) is 0 Å². The van der Waals surface area contributed by atoms with E-state index in [2.05, 4.69) is 35.8 Å². The molecule has 0 spiro atoms. The molecule has 4 heterocycles. The zero-order valence-corrected chi connectivity index (χ0v) is 16.9. The van der Waals surface area contributed by atoms with Crippen molar-refractivity contribution >= 4 is 16.6 Å². The number of nitrogens with zero attached hydrogens (tertiary/aromatic N) is 2.